The van der Waals surface area contributed by atoms with Crippen LogP contribution in [0.5, 0.6) is 0 Å². The molecule has 0 bridgehead atoms. The Morgan fingerprint density at radius 1 is 1.18 bits per heavy atom. The van der Waals surface area contributed by atoms with Crippen LogP contribution in [0.15, 0.2) is 22.7 Å². The highest BCUT2D eigenvalue weighted by Crippen LogP contribution is 2.32. The Morgan fingerprint density at radius 2 is 1.82 bits per heavy atom. The number of benzene rings is 1. The van der Waals surface area contributed by atoms with Crippen LogP contribution in [0.25, 0.3) is 0 Å². The predicted molar refractivity (Wildman–Crippen MR) is 75.9 cm³/mol. The van der Waals surface area contributed by atoms with E-state index in [2.05, 4.69) is 59.8 Å². The van der Waals surface area contributed by atoms with E-state index in [1.165, 1.54) is 15.7 Å². The van der Waals surface area contributed by atoms with Gasteiger partial charge in [-0.05, 0) is 39.0 Å². The van der Waals surface area contributed by atoms with Crippen LogP contribution in [0.3, 0.4) is 0 Å². The quantitative estimate of drug-likeness (QED) is 0.785. The van der Waals surface area contributed by atoms with Crippen LogP contribution in [0, 0.1) is 0 Å². The molecule has 3 heteroatoms. The topological polar surface area (TPSA) is 12.5 Å². The first-order valence-electron chi connectivity index (χ1n) is 6.11. The first-order valence-corrected chi connectivity index (χ1v) is 6.90. The summed E-state index contributed by atoms with van der Waals surface area (Å²) < 4.78 is 6.57. The number of ether oxygens (including phenoxy) is 1. The molecule has 1 aliphatic rings. The van der Waals surface area contributed by atoms with Crippen molar-refractivity contribution in [3.8, 4) is 0 Å². The van der Waals surface area contributed by atoms with Crippen molar-refractivity contribution < 1.29 is 4.74 Å². The van der Waals surface area contributed by atoms with Crippen LogP contribution in [0.4, 0.5) is 5.69 Å². The number of nitrogens with zero attached hydrogens (tertiary/aromatic N) is 1. The summed E-state index contributed by atoms with van der Waals surface area (Å²) in [6, 6.07) is 6.69. The smallest absolute Gasteiger partial charge is 0.0642 e. The molecule has 0 unspecified atom stereocenters. The summed E-state index contributed by atoms with van der Waals surface area (Å²) in [5, 5.41) is 0. The number of anilines is 1. The van der Waals surface area contributed by atoms with Gasteiger partial charge in [0.2, 0.25) is 0 Å². The van der Waals surface area contributed by atoms with Crippen molar-refractivity contribution in [3.63, 3.8) is 0 Å². The van der Waals surface area contributed by atoms with Gasteiger partial charge in [0.25, 0.3) is 0 Å². The van der Waals surface area contributed by atoms with Gasteiger partial charge in [-0.3, -0.25) is 0 Å². The van der Waals surface area contributed by atoms with Crippen LogP contribution in [0.2, 0.25) is 0 Å². The van der Waals surface area contributed by atoms with Crippen LogP contribution < -0.4 is 4.90 Å². The Hall–Kier alpha value is -0.540. The number of morpholine rings is 1. The van der Waals surface area contributed by atoms with Gasteiger partial charge in [0.05, 0.1) is 18.9 Å². The summed E-state index contributed by atoms with van der Waals surface area (Å²) in [6.07, 6.45) is 0. The summed E-state index contributed by atoms with van der Waals surface area (Å²) >= 11 is 3.69. The zero-order valence-corrected chi connectivity index (χ0v) is 12.4. The minimum Gasteiger partial charge on any atom is -0.378 e. The molecule has 1 heterocycles. The lowest BCUT2D eigenvalue weighted by atomic mass is 9.87. The van der Waals surface area contributed by atoms with Crippen LogP contribution in [0.1, 0.15) is 26.3 Å². The molecule has 0 radical (unpaired) electrons. The summed E-state index contributed by atoms with van der Waals surface area (Å²) in [5.74, 6) is 0. The molecule has 0 amide bonds. The van der Waals surface area contributed by atoms with Gasteiger partial charge < -0.3 is 9.64 Å². The molecule has 1 aromatic carbocycles. The highest BCUT2D eigenvalue weighted by molar-refractivity contribution is 9.10. The molecule has 0 saturated carbocycles. The van der Waals surface area contributed by atoms with E-state index in [1.54, 1.807) is 0 Å². The monoisotopic (exact) mass is 297 g/mol. The van der Waals surface area contributed by atoms with Crippen molar-refractivity contribution in [1.82, 2.24) is 0 Å². The third-order valence-electron chi connectivity index (χ3n) is 3.17. The second-order valence-corrected chi connectivity index (χ2v) is 6.37. The maximum Gasteiger partial charge on any atom is 0.0642 e. The van der Waals surface area contributed by atoms with E-state index in [1.807, 2.05) is 0 Å². The lowest BCUT2D eigenvalue weighted by Crippen LogP contribution is -2.36. The molecule has 2 nitrogen and oxygen atoms in total. The molecule has 1 saturated heterocycles. The minimum absolute atomic E-state index is 0.200. The molecule has 1 aliphatic heterocycles. The zero-order valence-electron chi connectivity index (χ0n) is 10.8. The molecule has 0 atom stereocenters. The molecule has 17 heavy (non-hydrogen) atoms. The van der Waals surface area contributed by atoms with Gasteiger partial charge in [-0.2, -0.15) is 0 Å². The molecule has 0 aliphatic carbocycles. The van der Waals surface area contributed by atoms with Crippen LogP contribution in [-0.2, 0) is 10.2 Å². The summed E-state index contributed by atoms with van der Waals surface area (Å²) in [5.41, 5.74) is 2.84. The molecule has 0 aromatic heterocycles. The number of hydrogen-bond acceptors (Lipinski definition) is 2. The maximum absolute atomic E-state index is 5.38. The van der Waals surface area contributed by atoms with Gasteiger partial charge >= 0.3 is 0 Å². The third-order valence-corrected chi connectivity index (χ3v) is 3.80. The Morgan fingerprint density at radius 3 is 2.35 bits per heavy atom. The van der Waals surface area contributed by atoms with Crippen molar-refractivity contribution in [2.24, 2.45) is 0 Å². The first-order chi connectivity index (χ1) is 7.98. The standard InChI is InChI=1S/C14H20BrNO/c1-14(2,3)11-4-5-13(12(15)10-11)16-6-8-17-9-7-16/h4-5,10H,6-9H2,1-3H3. The lowest BCUT2D eigenvalue weighted by Gasteiger charge is -2.30. The largest absolute Gasteiger partial charge is 0.378 e. The van der Waals surface area contributed by atoms with E-state index in [0.29, 0.717) is 0 Å². The molecular weight excluding hydrogens is 278 g/mol. The fourth-order valence-corrected chi connectivity index (χ4v) is 2.66. The van der Waals surface area contributed by atoms with Crippen molar-refractivity contribution >= 4 is 21.6 Å². The van der Waals surface area contributed by atoms with Gasteiger partial charge in [0.1, 0.15) is 0 Å². The Bertz CT molecular complexity index is 392. The molecule has 2 rings (SSSR count). The van der Waals surface area contributed by atoms with Crippen molar-refractivity contribution in [2.45, 2.75) is 26.2 Å². The maximum atomic E-state index is 5.38. The average Bonchev–Trinajstić information content (AvgIpc) is 2.29. The fraction of sp³-hybridized carbons (Fsp3) is 0.571. The third kappa shape index (κ3) is 3.02. The zero-order chi connectivity index (χ0) is 12.5. The summed E-state index contributed by atoms with van der Waals surface area (Å²) in [4.78, 5) is 2.38. The Balaban J connectivity index is 2.25. The number of hydrogen-bond donors (Lipinski definition) is 0. The Kier molecular flexibility index (Phi) is 3.79. The van der Waals surface area contributed by atoms with Crippen molar-refractivity contribution in [3.05, 3.63) is 28.2 Å². The van der Waals surface area contributed by atoms with Gasteiger partial charge in [-0.15, -0.1) is 0 Å². The van der Waals surface area contributed by atoms with E-state index >= 15 is 0 Å². The lowest BCUT2D eigenvalue weighted by molar-refractivity contribution is 0.122. The first kappa shape index (κ1) is 12.9. The number of rotatable bonds is 1. The van der Waals surface area contributed by atoms with Crippen LogP contribution >= 0.6 is 15.9 Å². The van der Waals surface area contributed by atoms with Gasteiger partial charge in [0.15, 0.2) is 0 Å². The van der Waals surface area contributed by atoms with E-state index in [0.717, 1.165) is 26.3 Å². The SMILES string of the molecule is CC(C)(C)c1ccc(N2CCOCC2)c(Br)c1. The molecule has 0 spiro atoms. The summed E-state index contributed by atoms with van der Waals surface area (Å²) in [7, 11) is 0. The van der Waals surface area contributed by atoms with Gasteiger partial charge in [-0.25, -0.2) is 0 Å². The fourth-order valence-electron chi connectivity index (χ4n) is 2.03. The Labute approximate surface area is 112 Å². The normalized spacial score (nSPS) is 17.3. The molecular formula is C14H20BrNO. The van der Waals surface area contributed by atoms with E-state index in [9.17, 15) is 0 Å². The minimum atomic E-state index is 0.200. The average molecular weight is 298 g/mol. The molecule has 94 valence electrons. The molecule has 1 fully saturated rings. The predicted octanol–water partition coefficient (Wildman–Crippen LogP) is 3.58. The van der Waals surface area contributed by atoms with E-state index in [-0.39, 0.29) is 5.41 Å². The van der Waals surface area contributed by atoms with Gasteiger partial charge in [0, 0.05) is 17.6 Å². The van der Waals surface area contributed by atoms with E-state index in [4.69, 9.17) is 4.74 Å². The highest BCUT2D eigenvalue weighted by Gasteiger charge is 2.18. The molecule has 0 N–H and O–H groups in total. The van der Waals surface area contributed by atoms with Crippen molar-refractivity contribution in [2.75, 3.05) is 31.2 Å². The van der Waals surface area contributed by atoms with E-state index < -0.39 is 0 Å². The van der Waals surface area contributed by atoms with Crippen LogP contribution in [-0.4, -0.2) is 26.3 Å². The van der Waals surface area contributed by atoms with Crippen molar-refractivity contribution in [1.29, 1.82) is 0 Å². The molecule has 1 aromatic rings. The highest BCUT2D eigenvalue weighted by atomic mass is 79.9. The second kappa shape index (κ2) is 4.99. The summed E-state index contributed by atoms with van der Waals surface area (Å²) in [6.45, 7) is 10.3. The second-order valence-electron chi connectivity index (χ2n) is 5.52. The van der Waals surface area contributed by atoms with Gasteiger partial charge in [-0.1, -0.05) is 26.8 Å². The number of halogens is 1.